The Morgan fingerprint density at radius 1 is 1.38 bits per heavy atom. The minimum absolute atomic E-state index is 0. The van der Waals surface area contributed by atoms with Crippen molar-refractivity contribution in [3.63, 3.8) is 0 Å². The molecule has 0 bridgehead atoms. The molecule has 0 aromatic carbocycles. The van der Waals surface area contributed by atoms with Gasteiger partial charge in [-0.2, -0.15) is 0 Å². The van der Waals surface area contributed by atoms with Crippen LogP contribution in [0.3, 0.4) is 0 Å². The van der Waals surface area contributed by atoms with Crippen molar-refractivity contribution in [3.8, 4) is 0 Å². The number of phosphoric acid groups is 1. The number of hydrogen-bond donors (Lipinski definition) is 1. The Morgan fingerprint density at radius 2 is 1.38 bits per heavy atom. The summed E-state index contributed by atoms with van der Waals surface area (Å²) in [6, 6.07) is 0. The monoisotopic (exact) mass is 194 g/mol. The number of rotatable bonds is 0. The summed E-state index contributed by atoms with van der Waals surface area (Å²) in [6.45, 7) is 0. The molecule has 0 radical (unpaired) electrons. The van der Waals surface area contributed by atoms with Crippen LogP contribution in [0, 0.1) is 0 Å². The topological polar surface area (TPSA) is 83.4 Å². The molecule has 0 aliphatic rings. The second-order valence-corrected chi connectivity index (χ2v) is 1.41. The molecule has 0 rings (SSSR count). The predicted molar refractivity (Wildman–Crippen MR) is 9.83 cm³/mol. The molecule has 0 unspecified atom stereocenters. The van der Waals surface area contributed by atoms with Crippen molar-refractivity contribution in [1.29, 1.82) is 0 Å². The molecule has 8 heavy (non-hydrogen) atoms. The van der Waals surface area contributed by atoms with Crippen molar-refractivity contribution in [1.82, 2.24) is 0 Å². The molecular formula is HFFeNaO4P. The fraction of sp³-hybridized carbons (Fsp3) is 0. The molecule has 0 saturated carbocycles. The van der Waals surface area contributed by atoms with Gasteiger partial charge >= 0.3 is 46.6 Å². The normalized spacial score (nSPS) is 7.38. The fourth-order valence-electron chi connectivity index (χ4n) is 0. The van der Waals surface area contributed by atoms with E-state index in [2.05, 4.69) is 0 Å². The molecule has 0 aliphatic heterocycles. The third kappa shape index (κ3) is 134. The van der Waals surface area contributed by atoms with Gasteiger partial charge in [-0.1, -0.05) is 0 Å². The molecular weight excluding hydrogens is 193 g/mol. The van der Waals surface area contributed by atoms with E-state index >= 15 is 0 Å². The Balaban J connectivity index is -0.0000000267. The van der Waals surface area contributed by atoms with Crippen molar-refractivity contribution in [3.05, 3.63) is 0 Å². The minimum Gasteiger partial charge on any atom is -1.00 e. The zero-order chi connectivity index (χ0) is 4.50. The van der Waals surface area contributed by atoms with Crippen LogP contribution in [0.5, 0.6) is 0 Å². The SMILES string of the molecule is O=P([O-])([O-])O.[F-].[Fe+2].[Na+]. The average molecular weight is 194 g/mol. The maximum Gasteiger partial charge on any atom is 2.00 e. The van der Waals surface area contributed by atoms with E-state index in [1.807, 2.05) is 0 Å². The van der Waals surface area contributed by atoms with Crippen molar-refractivity contribution < 1.29 is 70.6 Å². The third-order valence-electron chi connectivity index (χ3n) is 0. The molecule has 0 aromatic rings. The Labute approximate surface area is 78.0 Å². The molecule has 0 amide bonds. The summed E-state index contributed by atoms with van der Waals surface area (Å²) >= 11 is 0. The standard InChI is InChI=1S/FH.Fe.Na.H3O4P/c;;;1-5(2,3)4/h1H;;;(H3,1,2,3,4)/q;+2;+1;/p-3. The van der Waals surface area contributed by atoms with Crippen molar-refractivity contribution in [2.75, 3.05) is 0 Å². The first-order valence-electron chi connectivity index (χ1n) is 0.748. The molecule has 46 valence electrons. The van der Waals surface area contributed by atoms with Gasteiger partial charge in [-0.3, -0.25) is 0 Å². The van der Waals surface area contributed by atoms with Crippen LogP contribution in [0.2, 0.25) is 0 Å². The Bertz CT molecular complexity index is 62.2. The first-order valence-corrected chi connectivity index (χ1v) is 2.24. The molecule has 0 spiro atoms. The average Bonchev–Trinajstić information content (AvgIpc) is 0.722. The quantitative estimate of drug-likeness (QED) is 0.306. The van der Waals surface area contributed by atoms with Gasteiger partial charge in [0.2, 0.25) is 0 Å². The molecule has 0 aliphatic carbocycles. The van der Waals surface area contributed by atoms with Gasteiger partial charge in [-0.15, -0.1) is 0 Å². The largest absolute Gasteiger partial charge is 2.00 e. The Hall–Kier alpha value is 1.56. The number of hydrogen-bond acceptors (Lipinski definition) is 3. The predicted octanol–water partition coefficient (Wildman–Crippen LogP) is -8.19. The van der Waals surface area contributed by atoms with Gasteiger partial charge < -0.3 is 23.9 Å². The smallest absolute Gasteiger partial charge is 1.00 e. The minimum atomic E-state index is -5.14. The van der Waals surface area contributed by atoms with Crippen LogP contribution >= 0.6 is 7.82 Å². The molecule has 0 saturated heterocycles. The molecule has 0 fully saturated rings. The van der Waals surface area contributed by atoms with E-state index in [0.717, 1.165) is 0 Å². The summed E-state index contributed by atoms with van der Waals surface area (Å²) in [6.07, 6.45) is 0. The van der Waals surface area contributed by atoms with E-state index in [1.165, 1.54) is 0 Å². The zero-order valence-electron chi connectivity index (χ0n) is 3.85. The van der Waals surface area contributed by atoms with Crippen molar-refractivity contribution in [2.45, 2.75) is 0 Å². The van der Waals surface area contributed by atoms with Gasteiger partial charge in [0.1, 0.15) is 0 Å². The molecule has 0 atom stereocenters. The Morgan fingerprint density at radius 3 is 1.38 bits per heavy atom. The van der Waals surface area contributed by atoms with E-state index in [9.17, 15) is 0 Å². The van der Waals surface area contributed by atoms with E-state index in [4.69, 9.17) is 19.2 Å². The van der Waals surface area contributed by atoms with Crippen LogP contribution in [0.25, 0.3) is 0 Å². The molecule has 0 aromatic heterocycles. The summed E-state index contributed by atoms with van der Waals surface area (Å²) in [5, 5.41) is 0. The van der Waals surface area contributed by atoms with Gasteiger partial charge in [0.05, 0.1) is 7.82 Å². The summed E-state index contributed by atoms with van der Waals surface area (Å²) in [5.74, 6) is 0. The van der Waals surface area contributed by atoms with Crippen LogP contribution in [-0.4, -0.2) is 4.89 Å². The molecule has 8 heteroatoms. The summed E-state index contributed by atoms with van der Waals surface area (Å²) in [4.78, 5) is 24.3. The maximum absolute atomic E-state index is 8.66. The summed E-state index contributed by atoms with van der Waals surface area (Å²) < 4.78 is 8.66. The molecule has 1 N–H and O–H groups in total. The number of halogens is 1. The van der Waals surface area contributed by atoms with Crippen LogP contribution < -0.4 is 44.0 Å². The van der Waals surface area contributed by atoms with Gasteiger partial charge in [-0.25, -0.2) is 0 Å². The molecule has 4 nitrogen and oxygen atoms in total. The van der Waals surface area contributed by atoms with E-state index < -0.39 is 7.82 Å². The first-order chi connectivity index (χ1) is 2.00. The van der Waals surface area contributed by atoms with E-state index in [-0.39, 0.29) is 51.3 Å². The Kier molecular flexibility index (Phi) is 24.2. The van der Waals surface area contributed by atoms with E-state index in [1.54, 1.807) is 0 Å². The van der Waals surface area contributed by atoms with Gasteiger partial charge in [0.25, 0.3) is 0 Å². The summed E-state index contributed by atoms with van der Waals surface area (Å²) in [5.41, 5.74) is 0. The van der Waals surface area contributed by atoms with Crippen LogP contribution in [0.15, 0.2) is 0 Å². The zero-order valence-corrected chi connectivity index (χ0v) is 7.85. The van der Waals surface area contributed by atoms with Crippen LogP contribution in [-0.2, 0) is 21.6 Å². The van der Waals surface area contributed by atoms with Gasteiger partial charge in [-0.05, 0) is 0 Å². The summed E-state index contributed by atoms with van der Waals surface area (Å²) in [7, 11) is -5.14. The van der Waals surface area contributed by atoms with Gasteiger partial charge in [0, 0.05) is 0 Å². The van der Waals surface area contributed by atoms with E-state index in [0.29, 0.717) is 0 Å². The molecule has 0 heterocycles. The first kappa shape index (κ1) is 22.7. The third-order valence-corrected chi connectivity index (χ3v) is 0. The second kappa shape index (κ2) is 8.56. The second-order valence-electron chi connectivity index (χ2n) is 0.469. The van der Waals surface area contributed by atoms with Crippen molar-refractivity contribution in [2.24, 2.45) is 0 Å². The van der Waals surface area contributed by atoms with Crippen LogP contribution in [0.1, 0.15) is 0 Å². The van der Waals surface area contributed by atoms with Gasteiger partial charge in [0.15, 0.2) is 0 Å². The van der Waals surface area contributed by atoms with Crippen LogP contribution in [0.4, 0.5) is 0 Å². The maximum atomic E-state index is 8.66. The van der Waals surface area contributed by atoms with Crippen molar-refractivity contribution >= 4 is 7.82 Å². The fourth-order valence-corrected chi connectivity index (χ4v) is 0.